The predicted octanol–water partition coefficient (Wildman–Crippen LogP) is 2.95. The fraction of sp³-hybridized carbons (Fsp3) is 0.143. The van der Waals surface area contributed by atoms with Crippen LogP contribution in [0.3, 0.4) is 0 Å². The number of carbonyl (C=O) groups excluding carboxylic acids is 2. The molecule has 0 bridgehead atoms. The fourth-order valence-electron chi connectivity index (χ4n) is 4.74. The first-order valence-electron chi connectivity index (χ1n) is 12.8. The van der Waals surface area contributed by atoms with Crippen molar-refractivity contribution in [1.82, 2.24) is 49.7 Å². The van der Waals surface area contributed by atoms with E-state index in [1.54, 1.807) is 34.3 Å². The smallest absolute Gasteiger partial charge is 0.272 e. The molecule has 0 aliphatic carbocycles. The van der Waals surface area contributed by atoms with Gasteiger partial charge in [-0.15, -0.1) is 0 Å². The molecule has 0 unspecified atom stereocenters. The number of imidazole rings is 2. The predicted molar refractivity (Wildman–Crippen MR) is 146 cm³/mol. The number of nitrogens with one attached hydrogen (secondary N) is 2. The molecular formula is C28H22N10O2. The standard InChI is InChI=1S/C28H22N10O2/c39-27(21-9-11-29-23(35-21)25-31-17-5-1-2-6-18(17)32-25)37-13-15-38(16-14-37)28(40)22-10-12-30-24(36-22)26-33-19-7-3-4-8-20(19)34-26/h1-12H,13-16H2,(H,31,32)(H,33,34). The Bertz CT molecular complexity index is 1680. The molecule has 2 aromatic carbocycles. The SMILES string of the molecule is O=C(c1ccnc(-c2nc3ccccc3[nH]2)n1)N1CCN(C(=O)c2ccnc(-c3nc4ccccc4[nH]3)n2)CC1. The lowest BCUT2D eigenvalue weighted by Gasteiger charge is -2.34. The molecule has 0 saturated carbocycles. The minimum Gasteiger partial charge on any atom is -0.335 e. The summed E-state index contributed by atoms with van der Waals surface area (Å²) in [5.41, 5.74) is 3.88. The van der Waals surface area contributed by atoms with E-state index in [-0.39, 0.29) is 23.2 Å². The highest BCUT2D eigenvalue weighted by Crippen LogP contribution is 2.19. The van der Waals surface area contributed by atoms with E-state index in [1.165, 1.54) is 0 Å². The number of fused-ring (bicyclic) bond motifs is 2. The van der Waals surface area contributed by atoms with E-state index in [2.05, 4.69) is 39.9 Å². The number of nitrogens with zero attached hydrogens (tertiary/aromatic N) is 8. The molecular weight excluding hydrogens is 508 g/mol. The average molecular weight is 531 g/mol. The Morgan fingerprint density at radius 1 is 0.575 bits per heavy atom. The summed E-state index contributed by atoms with van der Waals surface area (Å²) in [5.74, 6) is 1.25. The lowest BCUT2D eigenvalue weighted by Crippen LogP contribution is -2.50. The van der Waals surface area contributed by atoms with Crippen molar-refractivity contribution in [3.05, 3.63) is 84.4 Å². The highest BCUT2D eigenvalue weighted by atomic mass is 16.2. The molecule has 7 rings (SSSR count). The largest absolute Gasteiger partial charge is 0.335 e. The third-order valence-corrected chi connectivity index (χ3v) is 6.81. The van der Waals surface area contributed by atoms with Crippen LogP contribution < -0.4 is 0 Å². The lowest BCUT2D eigenvalue weighted by atomic mass is 10.2. The van der Waals surface area contributed by atoms with Crippen LogP contribution in [0.15, 0.2) is 73.1 Å². The van der Waals surface area contributed by atoms with E-state index in [4.69, 9.17) is 0 Å². The summed E-state index contributed by atoms with van der Waals surface area (Å²) in [6, 6.07) is 18.5. The summed E-state index contributed by atoms with van der Waals surface area (Å²) < 4.78 is 0. The van der Waals surface area contributed by atoms with Crippen LogP contribution in [0.25, 0.3) is 45.4 Å². The van der Waals surface area contributed by atoms with Crippen LogP contribution in [0.1, 0.15) is 21.0 Å². The fourth-order valence-corrected chi connectivity index (χ4v) is 4.74. The molecule has 0 spiro atoms. The van der Waals surface area contributed by atoms with Gasteiger partial charge in [0, 0.05) is 38.6 Å². The number of rotatable bonds is 4. The third-order valence-electron chi connectivity index (χ3n) is 6.81. The van der Waals surface area contributed by atoms with Crippen LogP contribution in [0.4, 0.5) is 0 Å². The normalized spacial score (nSPS) is 13.7. The molecule has 2 N–H and O–H groups in total. The van der Waals surface area contributed by atoms with E-state index in [1.807, 2.05) is 48.5 Å². The van der Waals surface area contributed by atoms with Gasteiger partial charge in [0.1, 0.15) is 11.4 Å². The van der Waals surface area contributed by atoms with Crippen molar-refractivity contribution in [3.8, 4) is 23.3 Å². The molecule has 12 nitrogen and oxygen atoms in total. The molecule has 0 radical (unpaired) electrons. The lowest BCUT2D eigenvalue weighted by molar-refractivity contribution is 0.0529. The van der Waals surface area contributed by atoms with Gasteiger partial charge in [-0.1, -0.05) is 24.3 Å². The minimum absolute atomic E-state index is 0.221. The van der Waals surface area contributed by atoms with Gasteiger partial charge < -0.3 is 19.8 Å². The number of carbonyl (C=O) groups is 2. The molecule has 2 amide bonds. The van der Waals surface area contributed by atoms with Crippen LogP contribution in [0.2, 0.25) is 0 Å². The van der Waals surface area contributed by atoms with Gasteiger partial charge in [-0.05, 0) is 36.4 Å². The number of hydrogen-bond donors (Lipinski definition) is 2. The second kappa shape index (κ2) is 9.66. The number of amides is 2. The zero-order valence-electron chi connectivity index (χ0n) is 21.2. The molecule has 5 heterocycles. The maximum atomic E-state index is 13.2. The summed E-state index contributed by atoms with van der Waals surface area (Å²) >= 11 is 0. The van der Waals surface area contributed by atoms with Crippen molar-refractivity contribution >= 4 is 33.9 Å². The van der Waals surface area contributed by atoms with Crippen molar-refractivity contribution in [2.75, 3.05) is 26.2 Å². The van der Waals surface area contributed by atoms with Gasteiger partial charge in [-0.3, -0.25) is 9.59 Å². The van der Waals surface area contributed by atoms with Crippen LogP contribution in [0.5, 0.6) is 0 Å². The summed E-state index contributed by atoms with van der Waals surface area (Å²) in [6.45, 7) is 1.48. The average Bonchev–Trinajstić information content (AvgIpc) is 3.65. The third kappa shape index (κ3) is 4.30. The summed E-state index contributed by atoms with van der Waals surface area (Å²) in [6.07, 6.45) is 3.11. The monoisotopic (exact) mass is 530 g/mol. The Labute approximate surface area is 227 Å². The number of H-pyrrole nitrogens is 2. The number of aromatic nitrogens is 8. The van der Waals surface area contributed by atoms with Gasteiger partial charge in [0.25, 0.3) is 11.8 Å². The molecule has 6 aromatic rings. The van der Waals surface area contributed by atoms with E-state index in [0.717, 1.165) is 22.1 Å². The molecule has 0 atom stereocenters. The molecule has 1 aliphatic rings. The van der Waals surface area contributed by atoms with Crippen molar-refractivity contribution in [1.29, 1.82) is 0 Å². The first-order valence-corrected chi connectivity index (χ1v) is 12.8. The maximum absolute atomic E-state index is 13.2. The first kappa shape index (κ1) is 23.6. The molecule has 4 aromatic heterocycles. The van der Waals surface area contributed by atoms with Gasteiger partial charge in [0.2, 0.25) is 0 Å². The van der Waals surface area contributed by atoms with E-state index in [9.17, 15) is 9.59 Å². The van der Waals surface area contributed by atoms with Crippen molar-refractivity contribution in [2.24, 2.45) is 0 Å². The van der Waals surface area contributed by atoms with Crippen molar-refractivity contribution < 1.29 is 9.59 Å². The highest BCUT2D eigenvalue weighted by Gasteiger charge is 2.27. The molecule has 40 heavy (non-hydrogen) atoms. The van der Waals surface area contributed by atoms with Gasteiger partial charge >= 0.3 is 0 Å². The Kier molecular flexibility index (Phi) is 5.69. The Morgan fingerprint density at radius 3 is 1.43 bits per heavy atom. The van der Waals surface area contributed by atoms with E-state index >= 15 is 0 Å². The van der Waals surface area contributed by atoms with Crippen LogP contribution in [0, 0.1) is 0 Å². The highest BCUT2D eigenvalue weighted by molar-refractivity contribution is 5.94. The Morgan fingerprint density at radius 2 is 1.00 bits per heavy atom. The number of piperazine rings is 1. The zero-order valence-corrected chi connectivity index (χ0v) is 21.2. The molecule has 1 saturated heterocycles. The van der Waals surface area contributed by atoms with Gasteiger partial charge in [0.15, 0.2) is 23.3 Å². The van der Waals surface area contributed by atoms with E-state index in [0.29, 0.717) is 49.5 Å². The molecule has 1 aliphatic heterocycles. The minimum atomic E-state index is -0.221. The maximum Gasteiger partial charge on any atom is 0.272 e. The summed E-state index contributed by atoms with van der Waals surface area (Å²) in [5, 5.41) is 0. The van der Waals surface area contributed by atoms with E-state index < -0.39 is 0 Å². The number of aromatic amines is 2. The second-order valence-corrected chi connectivity index (χ2v) is 9.32. The quantitative estimate of drug-likeness (QED) is 0.353. The van der Waals surface area contributed by atoms with Gasteiger partial charge in [-0.2, -0.15) is 0 Å². The molecule has 12 heteroatoms. The second-order valence-electron chi connectivity index (χ2n) is 9.32. The van der Waals surface area contributed by atoms with Crippen molar-refractivity contribution in [3.63, 3.8) is 0 Å². The van der Waals surface area contributed by atoms with Crippen LogP contribution in [-0.2, 0) is 0 Å². The number of benzene rings is 2. The molecule has 1 fully saturated rings. The summed E-state index contributed by atoms with van der Waals surface area (Å²) in [4.78, 5) is 62.8. The van der Waals surface area contributed by atoms with Crippen molar-refractivity contribution in [2.45, 2.75) is 0 Å². The topological polar surface area (TPSA) is 150 Å². The Hall–Kier alpha value is -5.52. The number of para-hydroxylation sites is 4. The summed E-state index contributed by atoms with van der Waals surface area (Å²) in [7, 11) is 0. The van der Waals surface area contributed by atoms with Crippen LogP contribution in [-0.4, -0.2) is 87.7 Å². The Balaban J connectivity index is 1.03. The van der Waals surface area contributed by atoms with Crippen LogP contribution >= 0.6 is 0 Å². The molecule has 196 valence electrons. The zero-order chi connectivity index (χ0) is 27.1. The van der Waals surface area contributed by atoms with Gasteiger partial charge in [-0.25, -0.2) is 29.9 Å². The van der Waals surface area contributed by atoms with Gasteiger partial charge in [0.05, 0.1) is 22.1 Å². The number of hydrogen-bond acceptors (Lipinski definition) is 8. The first-order chi connectivity index (χ1) is 19.6.